The minimum atomic E-state index is -4.17. The van der Waals surface area contributed by atoms with Gasteiger partial charge in [0.2, 0.25) is 0 Å². The molecule has 1 aromatic heterocycles. The van der Waals surface area contributed by atoms with Crippen molar-refractivity contribution in [2.45, 2.75) is 26.4 Å². The molecule has 1 aromatic rings. The molecule has 0 aliphatic heterocycles. The lowest BCUT2D eigenvalue weighted by Gasteiger charge is -2.05. The van der Waals surface area contributed by atoms with Crippen LogP contribution in [0, 0.1) is 6.92 Å². The number of hydrogen-bond donors (Lipinski definition) is 0. The summed E-state index contributed by atoms with van der Waals surface area (Å²) >= 11 is 0. The zero-order chi connectivity index (χ0) is 13.8. The summed E-state index contributed by atoms with van der Waals surface area (Å²) in [7, 11) is -2.85. The molecule has 0 radical (unpaired) electrons. The topological polar surface area (TPSA) is 92.3 Å². The first-order valence-electron chi connectivity index (χ1n) is 5.39. The number of carbonyl (C=O) groups is 1. The lowest BCUT2D eigenvalue weighted by Crippen LogP contribution is -2.40. The number of rotatable bonds is 6. The van der Waals surface area contributed by atoms with Crippen molar-refractivity contribution in [1.29, 1.82) is 0 Å². The fourth-order valence-electron chi connectivity index (χ4n) is 1.56. The normalized spacial score (nSPS) is 11.5. The minimum absolute atomic E-state index is 0.106. The molecular formula is C10H16N2O5S. The lowest BCUT2D eigenvalue weighted by molar-refractivity contribution is -0.691. The van der Waals surface area contributed by atoms with Gasteiger partial charge in [0.25, 0.3) is 5.82 Å². The molecule has 0 amide bonds. The Morgan fingerprint density at radius 3 is 2.78 bits per heavy atom. The SMILES string of the molecule is COC(=O)C[n+]1ccn(CCCS(=O)(=O)[O-])c1C. The van der Waals surface area contributed by atoms with Crippen LogP contribution in [0.25, 0.3) is 0 Å². The van der Waals surface area contributed by atoms with Crippen LogP contribution in [0.15, 0.2) is 12.4 Å². The van der Waals surface area contributed by atoms with Gasteiger partial charge in [-0.15, -0.1) is 0 Å². The summed E-state index contributed by atoms with van der Waals surface area (Å²) in [4.78, 5) is 11.1. The van der Waals surface area contributed by atoms with Gasteiger partial charge in [-0.1, -0.05) is 0 Å². The highest BCUT2D eigenvalue weighted by atomic mass is 32.2. The molecule has 0 N–H and O–H groups in total. The van der Waals surface area contributed by atoms with E-state index >= 15 is 0 Å². The number of nitrogens with zero attached hydrogens (tertiary/aromatic N) is 2. The second-order valence-corrected chi connectivity index (χ2v) is 5.38. The van der Waals surface area contributed by atoms with Crippen LogP contribution in [0.5, 0.6) is 0 Å². The second kappa shape index (κ2) is 5.96. The van der Waals surface area contributed by atoms with Crippen LogP contribution in [-0.4, -0.2) is 36.4 Å². The van der Waals surface area contributed by atoms with Crippen molar-refractivity contribution in [3.8, 4) is 0 Å². The van der Waals surface area contributed by atoms with Crippen molar-refractivity contribution in [3.63, 3.8) is 0 Å². The number of hydrogen-bond acceptors (Lipinski definition) is 5. The van der Waals surface area contributed by atoms with E-state index in [-0.39, 0.29) is 24.7 Å². The summed E-state index contributed by atoms with van der Waals surface area (Å²) in [6.45, 7) is 2.32. The second-order valence-electron chi connectivity index (χ2n) is 3.86. The standard InChI is InChI=1S/C10H16N2O5S/c1-9-11(4-3-7-18(14,15)16)5-6-12(9)8-10(13)17-2/h5-6H,3-4,7-8H2,1-2H3. The van der Waals surface area contributed by atoms with Crippen molar-refractivity contribution in [2.75, 3.05) is 12.9 Å². The molecule has 0 saturated heterocycles. The van der Waals surface area contributed by atoms with E-state index in [4.69, 9.17) is 0 Å². The van der Waals surface area contributed by atoms with E-state index in [2.05, 4.69) is 4.74 Å². The first-order chi connectivity index (χ1) is 8.33. The average Bonchev–Trinajstić information content (AvgIpc) is 2.60. The van der Waals surface area contributed by atoms with Crippen LogP contribution in [0.4, 0.5) is 0 Å². The number of esters is 1. The number of methoxy groups -OCH3 is 1. The molecule has 8 heteroatoms. The fourth-order valence-corrected chi connectivity index (χ4v) is 2.04. The van der Waals surface area contributed by atoms with E-state index in [1.54, 1.807) is 28.5 Å². The predicted octanol–water partition coefficient (Wildman–Crippen LogP) is -0.808. The number of imidazole rings is 1. The molecule has 0 aliphatic rings. The van der Waals surface area contributed by atoms with E-state index < -0.39 is 10.1 Å². The minimum Gasteiger partial charge on any atom is -0.748 e. The van der Waals surface area contributed by atoms with Crippen molar-refractivity contribution in [2.24, 2.45) is 0 Å². The average molecular weight is 276 g/mol. The van der Waals surface area contributed by atoms with Gasteiger partial charge in [-0.3, -0.25) is 0 Å². The molecule has 0 atom stereocenters. The van der Waals surface area contributed by atoms with Gasteiger partial charge in [0.1, 0.15) is 12.4 Å². The van der Waals surface area contributed by atoms with E-state index in [1.807, 2.05) is 0 Å². The highest BCUT2D eigenvalue weighted by Crippen LogP contribution is 1.98. The largest absolute Gasteiger partial charge is 0.748 e. The molecule has 1 heterocycles. The van der Waals surface area contributed by atoms with Gasteiger partial charge in [0, 0.05) is 12.7 Å². The molecule has 0 bridgehead atoms. The van der Waals surface area contributed by atoms with E-state index in [0.717, 1.165) is 5.82 Å². The Morgan fingerprint density at radius 2 is 2.22 bits per heavy atom. The Hall–Kier alpha value is -1.41. The third-order valence-corrected chi connectivity index (χ3v) is 3.37. The molecule has 0 aliphatic carbocycles. The van der Waals surface area contributed by atoms with Crippen molar-refractivity contribution in [1.82, 2.24) is 4.57 Å². The maximum Gasteiger partial charge on any atom is 0.348 e. The van der Waals surface area contributed by atoms with Crippen molar-refractivity contribution in [3.05, 3.63) is 18.2 Å². The maximum atomic E-state index is 11.1. The summed E-state index contributed by atoms with van der Waals surface area (Å²) in [6, 6.07) is 0. The Morgan fingerprint density at radius 1 is 1.56 bits per heavy atom. The van der Waals surface area contributed by atoms with E-state index in [0.29, 0.717) is 6.54 Å². The Kier molecular flexibility index (Phi) is 4.85. The number of aryl methyl sites for hydroxylation is 1. The molecule has 0 unspecified atom stereocenters. The first kappa shape index (κ1) is 14.7. The van der Waals surface area contributed by atoms with Crippen LogP contribution in [0.1, 0.15) is 12.2 Å². The van der Waals surface area contributed by atoms with Gasteiger partial charge in [-0.05, 0) is 6.42 Å². The van der Waals surface area contributed by atoms with Crippen LogP contribution < -0.4 is 4.57 Å². The molecule has 1 rings (SSSR count). The Bertz CT molecular complexity index is 520. The maximum absolute atomic E-state index is 11.1. The highest BCUT2D eigenvalue weighted by molar-refractivity contribution is 7.85. The molecule has 0 aromatic carbocycles. The molecule has 0 fully saturated rings. The predicted molar refractivity (Wildman–Crippen MR) is 60.6 cm³/mol. The van der Waals surface area contributed by atoms with Gasteiger partial charge in [0.15, 0.2) is 6.54 Å². The smallest absolute Gasteiger partial charge is 0.348 e. The number of ether oxygens (including phenoxy) is 1. The van der Waals surface area contributed by atoms with E-state index in [9.17, 15) is 17.8 Å². The van der Waals surface area contributed by atoms with Gasteiger partial charge < -0.3 is 9.29 Å². The van der Waals surface area contributed by atoms with Gasteiger partial charge in [-0.25, -0.2) is 22.3 Å². The van der Waals surface area contributed by atoms with Crippen LogP contribution >= 0.6 is 0 Å². The summed E-state index contributed by atoms with van der Waals surface area (Å²) in [5, 5.41) is 0. The third kappa shape index (κ3) is 4.46. The molecule has 102 valence electrons. The Balaban J connectivity index is 2.61. The lowest BCUT2D eigenvalue weighted by atomic mass is 10.4. The van der Waals surface area contributed by atoms with Crippen molar-refractivity contribution >= 4 is 16.1 Å². The highest BCUT2D eigenvalue weighted by Gasteiger charge is 2.15. The Labute approximate surface area is 106 Å². The monoisotopic (exact) mass is 276 g/mol. The zero-order valence-corrected chi connectivity index (χ0v) is 11.1. The van der Waals surface area contributed by atoms with Crippen LogP contribution in [0.3, 0.4) is 0 Å². The first-order valence-corrected chi connectivity index (χ1v) is 6.97. The summed E-state index contributed by atoms with van der Waals surface area (Å²) in [6.07, 6.45) is 3.69. The summed E-state index contributed by atoms with van der Waals surface area (Å²) in [5.74, 6) is 0.0495. The zero-order valence-electron chi connectivity index (χ0n) is 10.3. The molecule has 7 nitrogen and oxygen atoms in total. The van der Waals surface area contributed by atoms with Crippen LogP contribution in [0.2, 0.25) is 0 Å². The number of carbonyl (C=O) groups excluding carboxylic acids is 1. The van der Waals surface area contributed by atoms with Gasteiger partial charge in [0.05, 0.1) is 23.8 Å². The third-order valence-electron chi connectivity index (χ3n) is 2.58. The van der Waals surface area contributed by atoms with E-state index in [1.165, 1.54) is 7.11 Å². The summed E-state index contributed by atoms with van der Waals surface area (Å²) in [5.41, 5.74) is 0. The fraction of sp³-hybridized carbons (Fsp3) is 0.600. The number of aromatic nitrogens is 2. The molecule has 0 spiro atoms. The van der Waals surface area contributed by atoms with Gasteiger partial charge >= 0.3 is 5.97 Å². The van der Waals surface area contributed by atoms with Gasteiger partial charge in [-0.2, -0.15) is 0 Å². The molecule has 0 saturated carbocycles. The van der Waals surface area contributed by atoms with Crippen LogP contribution in [-0.2, 0) is 32.7 Å². The molecular weight excluding hydrogens is 260 g/mol. The quantitative estimate of drug-likeness (QED) is 0.385. The summed E-state index contributed by atoms with van der Waals surface area (Å²) < 4.78 is 39.4. The van der Waals surface area contributed by atoms with Crippen molar-refractivity contribution < 1.29 is 27.1 Å². The molecule has 18 heavy (non-hydrogen) atoms.